The fraction of sp³-hybridized carbons (Fsp3) is 0.273. The van der Waals surface area contributed by atoms with Gasteiger partial charge in [-0.05, 0) is 25.5 Å². The third kappa shape index (κ3) is 1.39. The van der Waals surface area contributed by atoms with Crippen molar-refractivity contribution in [2.24, 2.45) is 0 Å². The summed E-state index contributed by atoms with van der Waals surface area (Å²) in [4.78, 5) is 4.29. The standard InChI is InChI=1S/C11H12FN2/c1-3-6-14-8(2)13-10-7-9(12)4-5-11(10)14/h4-5,7H,1,3,6H2,2H3. The van der Waals surface area contributed by atoms with Gasteiger partial charge in [0, 0.05) is 12.6 Å². The smallest absolute Gasteiger partial charge is 0.125 e. The lowest BCUT2D eigenvalue weighted by Gasteiger charge is -2.03. The highest BCUT2D eigenvalue weighted by Crippen LogP contribution is 2.17. The van der Waals surface area contributed by atoms with Gasteiger partial charge in [0.1, 0.15) is 11.6 Å². The SMILES string of the molecule is [CH2]CCn1c(C)nc2cc(F)ccc21. The molecular formula is C11H12FN2. The Morgan fingerprint density at radius 1 is 1.50 bits per heavy atom. The quantitative estimate of drug-likeness (QED) is 0.713. The van der Waals surface area contributed by atoms with Crippen molar-refractivity contribution >= 4 is 11.0 Å². The summed E-state index contributed by atoms with van der Waals surface area (Å²) in [6, 6.07) is 4.69. The van der Waals surface area contributed by atoms with E-state index < -0.39 is 0 Å². The van der Waals surface area contributed by atoms with Gasteiger partial charge in [0.05, 0.1) is 11.0 Å². The molecule has 0 aliphatic carbocycles. The number of nitrogens with zero attached hydrogens (tertiary/aromatic N) is 2. The molecule has 0 saturated carbocycles. The van der Waals surface area contributed by atoms with Crippen LogP contribution >= 0.6 is 0 Å². The van der Waals surface area contributed by atoms with Crippen LogP contribution < -0.4 is 0 Å². The van der Waals surface area contributed by atoms with E-state index in [-0.39, 0.29) is 5.82 Å². The van der Waals surface area contributed by atoms with Crippen LogP contribution in [0.1, 0.15) is 12.2 Å². The Kier molecular flexibility index (Phi) is 2.23. The fourth-order valence-corrected chi connectivity index (χ4v) is 1.66. The maximum absolute atomic E-state index is 12.9. The Morgan fingerprint density at radius 2 is 2.29 bits per heavy atom. The zero-order chi connectivity index (χ0) is 10.1. The minimum absolute atomic E-state index is 0.239. The van der Waals surface area contributed by atoms with Crippen molar-refractivity contribution in [1.29, 1.82) is 0 Å². The largest absolute Gasteiger partial charge is 0.328 e. The molecule has 0 aliphatic heterocycles. The van der Waals surface area contributed by atoms with E-state index in [1.807, 2.05) is 6.92 Å². The van der Waals surface area contributed by atoms with Crippen LogP contribution in [-0.4, -0.2) is 9.55 Å². The second-order valence-electron chi connectivity index (χ2n) is 3.30. The zero-order valence-electron chi connectivity index (χ0n) is 8.13. The Hall–Kier alpha value is -1.38. The molecule has 0 N–H and O–H groups in total. The highest BCUT2D eigenvalue weighted by molar-refractivity contribution is 5.76. The molecule has 14 heavy (non-hydrogen) atoms. The van der Waals surface area contributed by atoms with Crippen molar-refractivity contribution in [2.75, 3.05) is 0 Å². The first-order chi connectivity index (χ1) is 6.72. The third-order valence-electron chi connectivity index (χ3n) is 2.28. The van der Waals surface area contributed by atoms with Crippen molar-refractivity contribution in [3.63, 3.8) is 0 Å². The number of hydrogen-bond acceptors (Lipinski definition) is 1. The number of aryl methyl sites for hydroxylation is 2. The Morgan fingerprint density at radius 3 is 3.00 bits per heavy atom. The number of aromatic nitrogens is 2. The van der Waals surface area contributed by atoms with Crippen molar-refractivity contribution in [2.45, 2.75) is 19.9 Å². The Balaban J connectivity index is 2.64. The van der Waals surface area contributed by atoms with E-state index >= 15 is 0 Å². The lowest BCUT2D eigenvalue weighted by atomic mass is 10.3. The molecule has 0 bridgehead atoms. The minimum atomic E-state index is -0.239. The van der Waals surface area contributed by atoms with Crippen LogP contribution in [0.4, 0.5) is 4.39 Å². The normalized spacial score (nSPS) is 11.1. The van der Waals surface area contributed by atoms with Crippen LogP contribution in [0.5, 0.6) is 0 Å². The zero-order valence-corrected chi connectivity index (χ0v) is 8.13. The van der Waals surface area contributed by atoms with Crippen LogP contribution in [-0.2, 0) is 6.54 Å². The summed E-state index contributed by atoms with van der Waals surface area (Å²) >= 11 is 0. The molecule has 1 aromatic heterocycles. The van der Waals surface area contributed by atoms with Gasteiger partial charge in [-0.3, -0.25) is 0 Å². The lowest BCUT2D eigenvalue weighted by molar-refractivity contribution is 0.629. The summed E-state index contributed by atoms with van der Waals surface area (Å²) in [6.45, 7) is 6.55. The molecule has 3 heteroatoms. The molecule has 0 atom stereocenters. The molecule has 73 valence electrons. The van der Waals surface area contributed by atoms with Crippen LogP contribution in [0.2, 0.25) is 0 Å². The molecule has 2 rings (SSSR count). The highest BCUT2D eigenvalue weighted by Gasteiger charge is 2.06. The molecule has 0 amide bonds. The molecular weight excluding hydrogens is 179 g/mol. The summed E-state index contributed by atoms with van der Waals surface area (Å²) in [5.41, 5.74) is 1.70. The van der Waals surface area contributed by atoms with Crippen LogP contribution in [0.15, 0.2) is 18.2 Å². The number of hydrogen-bond donors (Lipinski definition) is 0. The van der Waals surface area contributed by atoms with Gasteiger partial charge in [0.2, 0.25) is 0 Å². The van der Waals surface area contributed by atoms with E-state index in [1.165, 1.54) is 12.1 Å². The summed E-state index contributed by atoms with van der Waals surface area (Å²) in [5.74, 6) is 0.672. The van der Waals surface area contributed by atoms with Gasteiger partial charge in [0.15, 0.2) is 0 Å². The molecule has 2 aromatic rings. The molecule has 1 heterocycles. The van der Waals surface area contributed by atoms with Crippen LogP contribution in [0.3, 0.4) is 0 Å². The summed E-state index contributed by atoms with van der Waals surface area (Å²) in [6.07, 6.45) is 0.809. The number of rotatable bonds is 2. The third-order valence-corrected chi connectivity index (χ3v) is 2.28. The van der Waals surface area contributed by atoms with Crippen LogP contribution in [0.25, 0.3) is 11.0 Å². The van der Waals surface area contributed by atoms with Crippen molar-refractivity contribution in [3.05, 3.63) is 36.8 Å². The van der Waals surface area contributed by atoms with Crippen molar-refractivity contribution < 1.29 is 4.39 Å². The summed E-state index contributed by atoms with van der Waals surface area (Å²) < 4.78 is 15.0. The van der Waals surface area contributed by atoms with Gasteiger partial charge in [-0.2, -0.15) is 0 Å². The average Bonchev–Trinajstić information content (AvgIpc) is 2.43. The predicted octanol–water partition coefficient (Wildman–Crippen LogP) is 2.71. The monoisotopic (exact) mass is 191 g/mol. The Bertz CT molecular complexity index is 460. The summed E-state index contributed by atoms with van der Waals surface area (Å²) in [5, 5.41) is 0. The first-order valence-electron chi connectivity index (χ1n) is 4.64. The average molecular weight is 191 g/mol. The first kappa shape index (κ1) is 9.19. The molecule has 0 fully saturated rings. The lowest BCUT2D eigenvalue weighted by Crippen LogP contribution is -1.98. The molecule has 1 radical (unpaired) electrons. The molecule has 2 nitrogen and oxygen atoms in total. The van der Waals surface area contributed by atoms with E-state index in [0.717, 1.165) is 29.8 Å². The predicted molar refractivity (Wildman–Crippen MR) is 54.4 cm³/mol. The van der Waals surface area contributed by atoms with Gasteiger partial charge >= 0.3 is 0 Å². The topological polar surface area (TPSA) is 17.8 Å². The second-order valence-corrected chi connectivity index (χ2v) is 3.30. The first-order valence-corrected chi connectivity index (χ1v) is 4.64. The van der Waals surface area contributed by atoms with Gasteiger partial charge in [-0.1, -0.05) is 6.92 Å². The fourth-order valence-electron chi connectivity index (χ4n) is 1.66. The number of imidazole rings is 1. The number of benzene rings is 1. The van der Waals surface area contributed by atoms with Crippen molar-refractivity contribution in [3.8, 4) is 0 Å². The minimum Gasteiger partial charge on any atom is -0.328 e. The van der Waals surface area contributed by atoms with Gasteiger partial charge < -0.3 is 4.57 Å². The highest BCUT2D eigenvalue weighted by atomic mass is 19.1. The van der Waals surface area contributed by atoms with Gasteiger partial charge in [-0.15, -0.1) is 0 Å². The van der Waals surface area contributed by atoms with E-state index in [4.69, 9.17) is 0 Å². The van der Waals surface area contributed by atoms with E-state index in [0.29, 0.717) is 0 Å². The number of fused-ring (bicyclic) bond motifs is 1. The van der Waals surface area contributed by atoms with E-state index in [1.54, 1.807) is 6.07 Å². The van der Waals surface area contributed by atoms with Gasteiger partial charge in [-0.25, -0.2) is 9.37 Å². The molecule has 0 unspecified atom stereocenters. The number of halogens is 1. The maximum atomic E-state index is 12.9. The Labute approximate surface area is 82.4 Å². The molecule has 1 aromatic carbocycles. The summed E-state index contributed by atoms with van der Waals surface area (Å²) in [7, 11) is 0. The molecule has 0 saturated heterocycles. The van der Waals surface area contributed by atoms with E-state index in [9.17, 15) is 4.39 Å². The molecule has 0 spiro atoms. The van der Waals surface area contributed by atoms with E-state index in [2.05, 4.69) is 16.5 Å². The van der Waals surface area contributed by atoms with Crippen molar-refractivity contribution in [1.82, 2.24) is 9.55 Å². The van der Waals surface area contributed by atoms with Crippen LogP contribution in [0, 0.1) is 19.7 Å². The maximum Gasteiger partial charge on any atom is 0.125 e. The van der Waals surface area contributed by atoms with Gasteiger partial charge in [0.25, 0.3) is 0 Å². The molecule has 0 aliphatic rings. The second kappa shape index (κ2) is 3.40.